The Kier molecular flexibility index (Phi) is 5.66. The summed E-state index contributed by atoms with van der Waals surface area (Å²) in [5.74, 6) is -0.628. The fraction of sp³-hybridized carbons (Fsp3) is 0.333. The van der Waals surface area contributed by atoms with E-state index in [9.17, 15) is 22.4 Å². The number of nitrogens with zero attached hydrogens (tertiary/aromatic N) is 4. The van der Waals surface area contributed by atoms with Gasteiger partial charge in [0.2, 0.25) is 5.88 Å². The minimum absolute atomic E-state index is 0.00428. The van der Waals surface area contributed by atoms with E-state index in [1.165, 1.54) is 30.6 Å². The molecule has 0 spiro atoms. The number of carbonyl (C=O) groups is 1. The molecule has 2 saturated heterocycles. The molecule has 0 aromatic carbocycles. The Morgan fingerprint density at radius 1 is 1.00 bits per heavy atom. The summed E-state index contributed by atoms with van der Waals surface area (Å²) in [6, 6.07) is 7.76. The molecule has 3 fully saturated rings. The molecule has 1 aliphatic carbocycles. The van der Waals surface area contributed by atoms with Gasteiger partial charge in [-0.2, -0.15) is 13.2 Å². The Bertz CT molecular complexity index is 1200. The van der Waals surface area contributed by atoms with Gasteiger partial charge >= 0.3 is 6.18 Å². The van der Waals surface area contributed by atoms with E-state index in [2.05, 4.69) is 15.0 Å². The highest BCUT2D eigenvalue weighted by Crippen LogP contribution is 2.39. The Morgan fingerprint density at radius 2 is 1.76 bits per heavy atom. The second-order valence-electron chi connectivity index (χ2n) is 8.48. The summed E-state index contributed by atoms with van der Waals surface area (Å²) in [6.07, 6.45) is 1.04. The molecule has 176 valence electrons. The average Bonchev–Trinajstić information content (AvgIpc) is 2.84. The highest BCUT2D eigenvalue weighted by molar-refractivity contribution is 5.99. The minimum atomic E-state index is -4.48. The van der Waals surface area contributed by atoms with Crippen molar-refractivity contribution in [2.24, 2.45) is 5.92 Å². The molecule has 5 heterocycles. The molecular weight excluding hydrogens is 452 g/mol. The Balaban J connectivity index is 1.40. The first kappa shape index (κ1) is 22.2. The quantitative estimate of drug-likeness (QED) is 0.512. The number of carbonyl (C=O) groups excluding carboxylic acids is 1. The fourth-order valence-electron chi connectivity index (χ4n) is 4.75. The first-order valence-electron chi connectivity index (χ1n) is 10.9. The molecule has 2 aliphatic heterocycles. The number of hydrogen-bond acceptors (Lipinski definition) is 5. The van der Waals surface area contributed by atoms with E-state index in [0.717, 1.165) is 18.7 Å². The lowest BCUT2D eigenvalue weighted by molar-refractivity contribution is -0.137. The van der Waals surface area contributed by atoms with Crippen LogP contribution in [0.5, 0.6) is 5.88 Å². The largest absolute Gasteiger partial charge is 0.472 e. The first-order chi connectivity index (χ1) is 16.3. The molecule has 0 N–H and O–H groups in total. The van der Waals surface area contributed by atoms with Gasteiger partial charge in [-0.3, -0.25) is 14.8 Å². The number of piperidine rings is 2. The van der Waals surface area contributed by atoms with E-state index in [1.54, 1.807) is 17.0 Å². The van der Waals surface area contributed by atoms with Gasteiger partial charge in [-0.1, -0.05) is 0 Å². The van der Waals surface area contributed by atoms with Crippen LogP contribution >= 0.6 is 0 Å². The summed E-state index contributed by atoms with van der Waals surface area (Å²) >= 11 is 0. The van der Waals surface area contributed by atoms with Crippen LogP contribution in [-0.2, 0) is 6.18 Å². The Hall–Kier alpha value is -3.56. The highest BCUT2D eigenvalue weighted by Gasteiger charge is 2.45. The summed E-state index contributed by atoms with van der Waals surface area (Å²) in [4.78, 5) is 27.4. The van der Waals surface area contributed by atoms with Crippen LogP contribution in [0.25, 0.3) is 11.4 Å². The zero-order valence-electron chi connectivity index (χ0n) is 17.9. The van der Waals surface area contributed by atoms with Gasteiger partial charge in [0, 0.05) is 31.2 Å². The molecule has 6 nitrogen and oxygen atoms in total. The van der Waals surface area contributed by atoms with E-state index >= 15 is 0 Å². The van der Waals surface area contributed by atoms with E-state index in [-0.39, 0.29) is 40.7 Å². The van der Waals surface area contributed by atoms with Crippen molar-refractivity contribution < 1.29 is 27.1 Å². The van der Waals surface area contributed by atoms with Crippen molar-refractivity contribution in [1.29, 1.82) is 0 Å². The van der Waals surface area contributed by atoms with Crippen LogP contribution in [0, 0.1) is 11.7 Å². The number of alkyl halides is 3. The first-order valence-corrected chi connectivity index (χ1v) is 10.9. The summed E-state index contributed by atoms with van der Waals surface area (Å²) < 4.78 is 58.8. The Morgan fingerprint density at radius 3 is 2.44 bits per heavy atom. The van der Waals surface area contributed by atoms with Crippen LogP contribution in [0.3, 0.4) is 0 Å². The van der Waals surface area contributed by atoms with Crippen molar-refractivity contribution in [3.8, 4) is 17.3 Å². The van der Waals surface area contributed by atoms with Crippen LogP contribution in [0.2, 0.25) is 0 Å². The van der Waals surface area contributed by atoms with Gasteiger partial charge < -0.3 is 9.64 Å². The molecule has 0 radical (unpaired) electrons. The van der Waals surface area contributed by atoms with Crippen LogP contribution < -0.4 is 4.74 Å². The van der Waals surface area contributed by atoms with Crippen molar-refractivity contribution in [1.82, 2.24) is 19.9 Å². The summed E-state index contributed by atoms with van der Waals surface area (Å²) in [6.45, 7) is 0.517. The smallest absolute Gasteiger partial charge is 0.417 e. The number of fused-ring (bicyclic) bond motifs is 3. The number of rotatable bonds is 4. The number of halogens is 4. The van der Waals surface area contributed by atoms with Gasteiger partial charge in [0.25, 0.3) is 5.91 Å². The number of hydrogen-bond donors (Lipinski definition) is 0. The number of pyridine rings is 3. The number of ether oxygens (including phenoxy) is 1. The maximum atomic E-state index is 14.4. The standard InChI is InChI=1S/C24H20F4N4O2/c25-17-4-2-10-30-22(17)21-16(3-1-9-29-21)23(33)32-13-14-5-7-18(32)19(11-14)34-20-8-6-15(12-31-20)24(26,27)28/h1-4,6,8-10,12,14,18-19H,5,7,11,13H2/t14-,18+,19-/m1/s1. The molecule has 34 heavy (non-hydrogen) atoms. The number of aromatic nitrogens is 3. The molecule has 3 atom stereocenters. The van der Waals surface area contributed by atoms with Gasteiger partial charge in [-0.15, -0.1) is 0 Å². The summed E-state index contributed by atoms with van der Waals surface area (Å²) in [5.41, 5.74) is -0.462. The fourth-order valence-corrected chi connectivity index (χ4v) is 4.75. The van der Waals surface area contributed by atoms with E-state index in [0.29, 0.717) is 19.4 Å². The van der Waals surface area contributed by atoms with Gasteiger partial charge in [-0.05, 0) is 55.5 Å². The van der Waals surface area contributed by atoms with E-state index < -0.39 is 23.7 Å². The summed E-state index contributed by atoms with van der Waals surface area (Å²) in [5, 5.41) is 0. The topological polar surface area (TPSA) is 68.2 Å². The Labute approximate surface area is 192 Å². The third-order valence-corrected chi connectivity index (χ3v) is 6.34. The van der Waals surface area contributed by atoms with Crippen molar-refractivity contribution in [2.45, 2.75) is 37.6 Å². The molecule has 1 saturated carbocycles. The van der Waals surface area contributed by atoms with Crippen molar-refractivity contribution in [2.75, 3.05) is 6.54 Å². The van der Waals surface area contributed by atoms with Crippen molar-refractivity contribution >= 4 is 5.91 Å². The van der Waals surface area contributed by atoms with Gasteiger partial charge in [0.05, 0.1) is 17.2 Å². The molecule has 3 aliphatic rings. The molecule has 10 heteroatoms. The monoisotopic (exact) mass is 472 g/mol. The highest BCUT2D eigenvalue weighted by atomic mass is 19.4. The SMILES string of the molecule is O=C(c1cccnc1-c1ncccc1F)N1C[C@@H]2CC[C@H]1[C@H](Oc1ccc(C(F)(F)F)cn1)C2. The molecule has 3 aromatic rings. The van der Waals surface area contributed by atoms with E-state index in [1.807, 2.05) is 0 Å². The third-order valence-electron chi connectivity index (χ3n) is 6.34. The zero-order valence-corrected chi connectivity index (χ0v) is 17.9. The molecule has 2 bridgehead atoms. The van der Waals surface area contributed by atoms with Crippen LogP contribution in [0.15, 0.2) is 55.0 Å². The van der Waals surface area contributed by atoms with Crippen molar-refractivity contribution in [3.63, 3.8) is 0 Å². The molecule has 0 unspecified atom stereocenters. The predicted molar refractivity (Wildman–Crippen MR) is 113 cm³/mol. The van der Waals surface area contributed by atoms with Gasteiger partial charge in [0.1, 0.15) is 17.5 Å². The minimum Gasteiger partial charge on any atom is -0.472 e. The average molecular weight is 472 g/mol. The second kappa shape index (κ2) is 8.66. The second-order valence-corrected chi connectivity index (χ2v) is 8.48. The maximum Gasteiger partial charge on any atom is 0.417 e. The molecule has 3 aromatic heterocycles. The van der Waals surface area contributed by atoms with Crippen molar-refractivity contribution in [3.05, 3.63) is 71.9 Å². The normalized spacial score (nSPS) is 22.0. The van der Waals surface area contributed by atoms with Crippen LogP contribution in [0.4, 0.5) is 17.6 Å². The molecule has 6 rings (SSSR count). The van der Waals surface area contributed by atoms with Crippen LogP contribution in [0.1, 0.15) is 35.2 Å². The third kappa shape index (κ3) is 4.20. The van der Waals surface area contributed by atoms with Crippen LogP contribution in [-0.4, -0.2) is 44.4 Å². The maximum absolute atomic E-state index is 14.4. The number of amides is 1. The zero-order chi connectivity index (χ0) is 23.9. The molecular formula is C24H20F4N4O2. The predicted octanol–water partition coefficient (Wildman–Crippen LogP) is 4.77. The van der Waals surface area contributed by atoms with Gasteiger partial charge in [0.15, 0.2) is 5.82 Å². The lowest BCUT2D eigenvalue weighted by Gasteiger charge is -2.49. The lowest BCUT2D eigenvalue weighted by atomic mass is 9.77. The van der Waals surface area contributed by atoms with E-state index in [4.69, 9.17) is 4.74 Å². The molecule has 1 amide bonds. The lowest BCUT2D eigenvalue weighted by Crippen LogP contribution is -2.59. The summed E-state index contributed by atoms with van der Waals surface area (Å²) in [7, 11) is 0. The van der Waals surface area contributed by atoms with Gasteiger partial charge in [-0.25, -0.2) is 9.37 Å².